The van der Waals surface area contributed by atoms with Gasteiger partial charge in [-0.3, -0.25) is 9.35 Å². The van der Waals surface area contributed by atoms with Crippen molar-refractivity contribution in [3.63, 3.8) is 0 Å². The predicted octanol–water partition coefficient (Wildman–Crippen LogP) is 0.548. The number of nitrogens with zero attached hydrogens (tertiary/aromatic N) is 2. The number of carbonyl (C=O) groups is 1. The first-order valence-corrected chi connectivity index (χ1v) is 5.94. The van der Waals surface area contributed by atoms with Crippen LogP contribution in [-0.2, 0) is 14.9 Å². The zero-order chi connectivity index (χ0) is 12.6. The standard InChI is InChI=1S/C10H6N2O4S/c11-12-10-8-3-2-7(17(14,15)16)5-6(8)1-4-9(10)13/h1-5H,(H,14,15,16). The van der Waals surface area contributed by atoms with E-state index in [0.29, 0.717) is 11.1 Å². The first-order chi connectivity index (χ1) is 7.93. The Balaban J connectivity index is 2.71. The number of rotatable bonds is 1. The van der Waals surface area contributed by atoms with Crippen LogP contribution in [0.4, 0.5) is 0 Å². The van der Waals surface area contributed by atoms with Crippen molar-refractivity contribution in [3.05, 3.63) is 40.9 Å². The highest BCUT2D eigenvalue weighted by atomic mass is 32.2. The Hall–Kier alpha value is -2.08. The minimum atomic E-state index is -4.30. The van der Waals surface area contributed by atoms with Crippen molar-refractivity contribution in [3.8, 4) is 0 Å². The smallest absolute Gasteiger partial charge is 0.361 e. The van der Waals surface area contributed by atoms with Crippen molar-refractivity contribution >= 4 is 27.7 Å². The number of carbonyl (C=O) groups excluding carboxylic acids is 1. The molecule has 0 fully saturated rings. The summed E-state index contributed by atoms with van der Waals surface area (Å²) in [5, 5.41) is 0. The number of ketones is 1. The Morgan fingerprint density at radius 3 is 2.53 bits per heavy atom. The number of allylic oxidation sites excluding steroid dienone is 1. The van der Waals surface area contributed by atoms with Crippen molar-refractivity contribution in [1.82, 2.24) is 0 Å². The van der Waals surface area contributed by atoms with E-state index in [9.17, 15) is 13.2 Å². The van der Waals surface area contributed by atoms with Crippen LogP contribution in [0, 0.1) is 0 Å². The summed E-state index contributed by atoms with van der Waals surface area (Å²) in [5.74, 6) is -0.473. The normalized spacial score (nSPS) is 14.4. The number of fused-ring (bicyclic) bond motifs is 1. The first-order valence-electron chi connectivity index (χ1n) is 4.50. The van der Waals surface area contributed by atoms with E-state index in [4.69, 9.17) is 10.1 Å². The third-order valence-corrected chi connectivity index (χ3v) is 3.17. The Kier molecular flexibility index (Phi) is 2.51. The van der Waals surface area contributed by atoms with Crippen molar-refractivity contribution in [2.75, 3.05) is 0 Å². The molecule has 0 bridgehead atoms. The maximum atomic E-state index is 11.3. The van der Waals surface area contributed by atoms with Gasteiger partial charge in [-0.2, -0.15) is 13.2 Å². The van der Waals surface area contributed by atoms with Crippen molar-refractivity contribution in [1.29, 1.82) is 0 Å². The summed E-state index contributed by atoms with van der Waals surface area (Å²) in [4.78, 5) is 13.9. The van der Waals surface area contributed by atoms with E-state index in [1.54, 1.807) is 0 Å². The molecule has 0 atom stereocenters. The van der Waals surface area contributed by atoms with Gasteiger partial charge in [0.1, 0.15) is 0 Å². The van der Waals surface area contributed by atoms with E-state index < -0.39 is 15.9 Å². The lowest BCUT2D eigenvalue weighted by Crippen LogP contribution is -2.19. The summed E-state index contributed by atoms with van der Waals surface area (Å²) in [5.41, 5.74) is 9.23. The number of benzene rings is 1. The summed E-state index contributed by atoms with van der Waals surface area (Å²) in [6, 6.07) is 3.62. The fourth-order valence-electron chi connectivity index (χ4n) is 1.54. The lowest BCUT2D eigenvalue weighted by atomic mass is 9.95. The van der Waals surface area contributed by atoms with E-state index >= 15 is 0 Å². The second-order valence-corrected chi connectivity index (χ2v) is 4.79. The van der Waals surface area contributed by atoms with E-state index in [1.165, 1.54) is 18.2 Å². The third-order valence-electron chi connectivity index (χ3n) is 2.32. The SMILES string of the molecule is [N-]=[N+]=C1C(=O)C=Cc2cc(S(=O)(=O)O)ccc21. The molecule has 0 amide bonds. The van der Waals surface area contributed by atoms with Gasteiger partial charge in [0.2, 0.25) is 0 Å². The molecule has 0 saturated carbocycles. The van der Waals surface area contributed by atoms with Gasteiger partial charge in [0.25, 0.3) is 15.9 Å². The summed E-state index contributed by atoms with van der Waals surface area (Å²) in [6.07, 6.45) is 2.55. The second-order valence-electron chi connectivity index (χ2n) is 3.37. The lowest BCUT2D eigenvalue weighted by molar-refractivity contribution is -0.112. The summed E-state index contributed by atoms with van der Waals surface area (Å²) in [7, 11) is -4.30. The van der Waals surface area contributed by atoms with Gasteiger partial charge in [0, 0.05) is 0 Å². The second kappa shape index (κ2) is 3.74. The fourth-order valence-corrected chi connectivity index (χ4v) is 2.05. The highest BCUT2D eigenvalue weighted by molar-refractivity contribution is 7.85. The number of hydrogen-bond donors (Lipinski definition) is 1. The Bertz CT molecular complexity index is 697. The monoisotopic (exact) mass is 250 g/mol. The zero-order valence-electron chi connectivity index (χ0n) is 8.36. The molecule has 6 nitrogen and oxygen atoms in total. The molecule has 7 heteroatoms. The van der Waals surface area contributed by atoms with Gasteiger partial charge < -0.3 is 5.53 Å². The molecule has 17 heavy (non-hydrogen) atoms. The van der Waals surface area contributed by atoms with Gasteiger partial charge in [-0.15, -0.1) is 0 Å². The maximum absolute atomic E-state index is 11.3. The predicted molar refractivity (Wildman–Crippen MR) is 58.0 cm³/mol. The summed E-state index contributed by atoms with van der Waals surface area (Å²) >= 11 is 0. The fraction of sp³-hybridized carbons (Fsp3) is 0. The van der Waals surface area contributed by atoms with Gasteiger partial charge >= 0.3 is 5.71 Å². The van der Waals surface area contributed by atoms with E-state index in [1.807, 2.05) is 0 Å². The van der Waals surface area contributed by atoms with E-state index in [0.717, 1.165) is 12.1 Å². The zero-order valence-corrected chi connectivity index (χ0v) is 9.18. The van der Waals surface area contributed by atoms with Crippen LogP contribution in [0.1, 0.15) is 11.1 Å². The lowest BCUT2D eigenvalue weighted by Gasteiger charge is -2.06. The molecular formula is C10H6N2O4S. The van der Waals surface area contributed by atoms with Crippen LogP contribution in [-0.4, -0.2) is 29.3 Å². The maximum Gasteiger partial charge on any atom is 0.369 e. The molecule has 1 aliphatic carbocycles. The van der Waals surface area contributed by atoms with Crippen LogP contribution in [0.25, 0.3) is 11.6 Å². The average molecular weight is 250 g/mol. The topological polar surface area (TPSA) is 108 Å². The van der Waals surface area contributed by atoms with Crippen LogP contribution >= 0.6 is 0 Å². The highest BCUT2D eigenvalue weighted by Gasteiger charge is 2.27. The minimum Gasteiger partial charge on any atom is -0.361 e. The van der Waals surface area contributed by atoms with Gasteiger partial charge in [-0.05, 0) is 35.9 Å². The highest BCUT2D eigenvalue weighted by Crippen LogP contribution is 2.21. The van der Waals surface area contributed by atoms with Gasteiger partial charge in [0.05, 0.1) is 10.5 Å². The number of hydrogen-bond acceptors (Lipinski definition) is 3. The molecule has 0 spiro atoms. The third kappa shape index (κ3) is 1.94. The molecule has 0 heterocycles. The first kappa shape index (κ1) is 11.4. The van der Waals surface area contributed by atoms with Crippen LogP contribution in [0.3, 0.4) is 0 Å². The van der Waals surface area contributed by atoms with Gasteiger partial charge in [-0.25, -0.2) is 0 Å². The van der Waals surface area contributed by atoms with Crippen LogP contribution in [0.5, 0.6) is 0 Å². The van der Waals surface area contributed by atoms with Gasteiger partial charge in [0.15, 0.2) is 0 Å². The quantitative estimate of drug-likeness (QED) is 0.446. The van der Waals surface area contributed by atoms with E-state index in [2.05, 4.69) is 4.79 Å². The molecule has 1 aromatic rings. The minimum absolute atomic E-state index is 0.163. The van der Waals surface area contributed by atoms with E-state index in [-0.39, 0.29) is 10.6 Å². The molecule has 0 aromatic heterocycles. The Morgan fingerprint density at radius 2 is 1.94 bits per heavy atom. The van der Waals surface area contributed by atoms with Gasteiger partial charge in [-0.1, -0.05) is 0 Å². The largest absolute Gasteiger partial charge is 0.369 e. The summed E-state index contributed by atoms with van der Waals surface area (Å²) < 4.78 is 30.7. The van der Waals surface area contributed by atoms with Crippen molar-refractivity contribution in [2.24, 2.45) is 0 Å². The molecule has 1 N–H and O–H groups in total. The molecule has 2 rings (SSSR count). The van der Waals surface area contributed by atoms with Crippen LogP contribution in [0.15, 0.2) is 29.2 Å². The molecule has 0 radical (unpaired) electrons. The molecule has 1 aliphatic rings. The summed E-state index contributed by atoms with van der Waals surface area (Å²) in [6.45, 7) is 0. The molecular weight excluding hydrogens is 244 g/mol. The molecule has 0 saturated heterocycles. The van der Waals surface area contributed by atoms with Crippen molar-refractivity contribution < 1.29 is 22.6 Å². The van der Waals surface area contributed by atoms with Crippen LogP contribution in [0.2, 0.25) is 0 Å². The Morgan fingerprint density at radius 1 is 1.24 bits per heavy atom. The van der Waals surface area contributed by atoms with Crippen LogP contribution < -0.4 is 0 Å². The molecule has 1 aromatic carbocycles. The van der Waals surface area contributed by atoms with Crippen molar-refractivity contribution in [2.45, 2.75) is 4.90 Å². The Labute approximate surface area is 96.6 Å². The molecule has 86 valence electrons. The average Bonchev–Trinajstić information content (AvgIpc) is 2.27. The molecule has 0 aliphatic heterocycles. The molecule has 0 unspecified atom stereocenters.